The molecule has 2 aromatic heterocycles. The summed E-state index contributed by atoms with van der Waals surface area (Å²) in [5.41, 5.74) is 11.3. The smallest absolute Gasteiger partial charge is 0.0964 e. The Morgan fingerprint density at radius 1 is 0.268 bits per heavy atom. The number of hydrogen-bond donors (Lipinski definition) is 0. The summed E-state index contributed by atoms with van der Waals surface area (Å²) in [5, 5.41) is 12.2. The third-order valence-electron chi connectivity index (χ3n) is 11.3. The van der Waals surface area contributed by atoms with Crippen molar-refractivity contribution in [2.45, 2.75) is 0 Å². The topological polar surface area (TPSA) is 25.8 Å². The number of hydrogen-bond acceptors (Lipinski definition) is 2. The predicted molar refractivity (Wildman–Crippen MR) is 237 cm³/mol. The maximum Gasteiger partial charge on any atom is 0.0964 e. The lowest BCUT2D eigenvalue weighted by Gasteiger charge is -2.19. The quantitative estimate of drug-likeness (QED) is 0.166. The average Bonchev–Trinajstić information content (AvgIpc) is 3.27. The number of pyridine rings is 2. The molecule has 2 nitrogen and oxygen atoms in total. The Hall–Kier alpha value is -7.42. The van der Waals surface area contributed by atoms with Crippen LogP contribution in [0.5, 0.6) is 0 Å². The lowest BCUT2D eigenvalue weighted by atomic mass is 9.84. The maximum absolute atomic E-state index is 4.86. The second-order valence-electron chi connectivity index (χ2n) is 14.6. The summed E-state index contributed by atoms with van der Waals surface area (Å²) >= 11 is 0. The standard InChI is InChI=1S/C54H34N2/c1-3-12-40-31-43(23-21-35(40)9-1)52-47-15-7-8-16-48(47)53(44-24-22-36-10-2-4-13-41(36)32-44)50-33-42(25-27-49(50)52)37-17-19-38(20-18-37)45-26-28-51(56-34-45)54-46-14-6-5-11-39(46)29-30-55-54/h1-34H. The summed E-state index contributed by atoms with van der Waals surface area (Å²) < 4.78 is 0. The molecule has 11 rings (SSSR count). The Morgan fingerprint density at radius 2 is 0.750 bits per heavy atom. The van der Waals surface area contributed by atoms with Crippen LogP contribution in [0, 0.1) is 0 Å². The van der Waals surface area contributed by atoms with Gasteiger partial charge in [-0.25, -0.2) is 0 Å². The van der Waals surface area contributed by atoms with E-state index in [4.69, 9.17) is 4.98 Å². The molecule has 2 heteroatoms. The highest BCUT2D eigenvalue weighted by atomic mass is 14.8. The van der Waals surface area contributed by atoms with Crippen LogP contribution in [0.1, 0.15) is 0 Å². The SMILES string of the molecule is c1ccc2cc(-c3c4ccccc4c(-c4ccc5ccccc5c4)c4cc(-c5ccc(-c6ccc(-c7nccc8ccccc78)nc6)cc5)ccc34)ccc2c1. The van der Waals surface area contributed by atoms with E-state index in [0.29, 0.717) is 0 Å². The molecule has 56 heavy (non-hydrogen) atoms. The minimum absolute atomic E-state index is 0.871. The average molecular weight is 711 g/mol. The summed E-state index contributed by atoms with van der Waals surface area (Å²) in [6.45, 7) is 0. The van der Waals surface area contributed by atoms with Crippen LogP contribution in [0.3, 0.4) is 0 Å². The first kappa shape index (κ1) is 32.0. The van der Waals surface area contributed by atoms with E-state index in [1.54, 1.807) is 0 Å². The van der Waals surface area contributed by atoms with Crippen molar-refractivity contribution in [3.8, 4) is 55.9 Å². The minimum Gasteiger partial charge on any atom is -0.254 e. The van der Waals surface area contributed by atoms with Gasteiger partial charge in [-0.05, 0) is 118 Å². The van der Waals surface area contributed by atoms with Crippen molar-refractivity contribution in [3.05, 3.63) is 207 Å². The molecule has 0 saturated carbocycles. The van der Waals surface area contributed by atoms with Crippen molar-refractivity contribution < 1.29 is 0 Å². The molecule has 0 radical (unpaired) electrons. The molecule has 0 atom stereocenters. The molecule has 0 aliphatic rings. The highest BCUT2D eigenvalue weighted by Crippen LogP contribution is 2.46. The molecule has 0 aliphatic heterocycles. The van der Waals surface area contributed by atoms with Gasteiger partial charge in [0, 0.05) is 23.3 Å². The lowest BCUT2D eigenvalue weighted by molar-refractivity contribution is 1.27. The lowest BCUT2D eigenvalue weighted by Crippen LogP contribution is -1.92. The molecule has 0 bridgehead atoms. The first-order valence-corrected chi connectivity index (χ1v) is 19.1. The summed E-state index contributed by atoms with van der Waals surface area (Å²) in [7, 11) is 0. The van der Waals surface area contributed by atoms with Crippen LogP contribution >= 0.6 is 0 Å². The molecule has 9 aromatic carbocycles. The zero-order chi connectivity index (χ0) is 37.0. The zero-order valence-corrected chi connectivity index (χ0v) is 30.5. The van der Waals surface area contributed by atoms with Gasteiger partial charge in [-0.1, -0.05) is 164 Å². The van der Waals surface area contributed by atoms with Crippen LogP contribution in [-0.2, 0) is 0 Å². The first-order valence-electron chi connectivity index (χ1n) is 19.1. The monoisotopic (exact) mass is 710 g/mol. The summed E-state index contributed by atoms with van der Waals surface area (Å²) in [5.74, 6) is 0. The maximum atomic E-state index is 4.86. The fourth-order valence-electron chi connectivity index (χ4n) is 8.55. The van der Waals surface area contributed by atoms with E-state index >= 15 is 0 Å². The van der Waals surface area contributed by atoms with E-state index in [1.807, 2.05) is 18.5 Å². The highest BCUT2D eigenvalue weighted by molar-refractivity contribution is 6.22. The molecule has 0 saturated heterocycles. The van der Waals surface area contributed by atoms with Crippen LogP contribution in [0.25, 0.3) is 110 Å². The highest BCUT2D eigenvalue weighted by Gasteiger charge is 2.18. The van der Waals surface area contributed by atoms with Gasteiger partial charge in [0.1, 0.15) is 0 Å². The van der Waals surface area contributed by atoms with E-state index in [9.17, 15) is 0 Å². The van der Waals surface area contributed by atoms with Gasteiger partial charge in [0.2, 0.25) is 0 Å². The van der Waals surface area contributed by atoms with Crippen molar-refractivity contribution in [2.24, 2.45) is 0 Å². The van der Waals surface area contributed by atoms with Gasteiger partial charge in [-0.15, -0.1) is 0 Å². The Morgan fingerprint density at radius 3 is 1.38 bits per heavy atom. The Kier molecular flexibility index (Phi) is 7.53. The van der Waals surface area contributed by atoms with E-state index in [1.165, 1.54) is 76.5 Å². The number of benzene rings is 9. The summed E-state index contributed by atoms with van der Waals surface area (Å²) in [4.78, 5) is 9.53. The van der Waals surface area contributed by atoms with E-state index in [0.717, 1.165) is 33.3 Å². The third-order valence-corrected chi connectivity index (χ3v) is 11.3. The van der Waals surface area contributed by atoms with Crippen LogP contribution in [-0.4, -0.2) is 9.97 Å². The fourth-order valence-corrected chi connectivity index (χ4v) is 8.55. The van der Waals surface area contributed by atoms with Gasteiger partial charge < -0.3 is 0 Å². The molecule has 0 unspecified atom stereocenters. The number of fused-ring (bicyclic) bond motifs is 5. The van der Waals surface area contributed by atoms with Gasteiger partial charge >= 0.3 is 0 Å². The zero-order valence-electron chi connectivity index (χ0n) is 30.5. The normalized spacial score (nSPS) is 11.6. The molecule has 0 aliphatic carbocycles. The second kappa shape index (κ2) is 13.2. The molecule has 11 aromatic rings. The van der Waals surface area contributed by atoms with Gasteiger partial charge in [-0.3, -0.25) is 9.97 Å². The van der Waals surface area contributed by atoms with Crippen LogP contribution < -0.4 is 0 Å². The largest absolute Gasteiger partial charge is 0.254 e. The van der Waals surface area contributed by atoms with Crippen molar-refractivity contribution in [1.29, 1.82) is 0 Å². The van der Waals surface area contributed by atoms with Gasteiger partial charge in [0.25, 0.3) is 0 Å². The summed E-state index contributed by atoms with van der Waals surface area (Å²) in [6, 6.07) is 70.5. The van der Waals surface area contributed by atoms with Crippen LogP contribution in [0.4, 0.5) is 0 Å². The van der Waals surface area contributed by atoms with Crippen molar-refractivity contribution in [1.82, 2.24) is 9.97 Å². The van der Waals surface area contributed by atoms with Crippen LogP contribution in [0.15, 0.2) is 207 Å². The predicted octanol–water partition coefficient (Wildman–Crippen LogP) is 14.6. The van der Waals surface area contributed by atoms with E-state index in [-0.39, 0.29) is 0 Å². The van der Waals surface area contributed by atoms with Gasteiger partial charge in [0.05, 0.1) is 11.4 Å². The number of nitrogens with zero attached hydrogens (tertiary/aromatic N) is 2. The van der Waals surface area contributed by atoms with Crippen molar-refractivity contribution in [2.75, 3.05) is 0 Å². The molecule has 0 N–H and O–H groups in total. The molecule has 0 spiro atoms. The third kappa shape index (κ3) is 5.42. The molecular weight excluding hydrogens is 677 g/mol. The van der Waals surface area contributed by atoms with Crippen molar-refractivity contribution in [3.63, 3.8) is 0 Å². The molecular formula is C54H34N2. The Labute approximate surface area is 325 Å². The Balaban J connectivity index is 1.05. The molecule has 0 amide bonds. The number of aromatic nitrogens is 2. The Bertz CT molecular complexity index is 3280. The molecule has 0 fully saturated rings. The van der Waals surface area contributed by atoms with Gasteiger partial charge in [0.15, 0.2) is 0 Å². The van der Waals surface area contributed by atoms with Crippen LogP contribution in [0.2, 0.25) is 0 Å². The van der Waals surface area contributed by atoms with E-state index < -0.39 is 0 Å². The van der Waals surface area contributed by atoms with E-state index in [2.05, 4.69) is 193 Å². The van der Waals surface area contributed by atoms with Gasteiger partial charge in [-0.2, -0.15) is 0 Å². The van der Waals surface area contributed by atoms with Crippen molar-refractivity contribution >= 4 is 53.9 Å². The first-order chi connectivity index (χ1) is 27.7. The minimum atomic E-state index is 0.871. The number of rotatable bonds is 5. The fraction of sp³-hybridized carbons (Fsp3) is 0. The summed E-state index contributed by atoms with van der Waals surface area (Å²) in [6.07, 6.45) is 3.81. The molecule has 2 heterocycles. The molecule has 260 valence electrons. The second-order valence-corrected chi connectivity index (χ2v) is 14.6.